The Bertz CT molecular complexity index is 600. The molecule has 1 aromatic heterocycles. The molecule has 0 bridgehead atoms. The molecule has 0 spiro atoms. The van der Waals surface area contributed by atoms with Crippen LogP contribution in [0.15, 0.2) is 35.4 Å². The summed E-state index contributed by atoms with van der Waals surface area (Å²) in [5.74, 6) is 0.907. The van der Waals surface area contributed by atoms with Crippen molar-refractivity contribution in [3.8, 4) is 0 Å². The monoisotopic (exact) mass is 301 g/mol. The van der Waals surface area contributed by atoms with E-state index in [4.69, 9.17) is 10.8 Å². The molecule has 1 aromatic carbocycles. The van der Waals surface area contributed by atoms with E-state index in [1.54, 1.807) is 0 Å². The van der Waals surface area contributed by atoms with Crippen molar-refractivity contribution in [2.45, 2.75) is 55.7 Å². The van der Waals surface area contributed by atoms with Gasteiger partial charge in [-0.05, 0) is 43.5 Å². The van der Waals surface area contributed by atoms with Crippen LogP contribution in [0.5, 0.6) is 0 Å². The molecule has 1 aliphatic rings. The van der Waals surface area contributed by atoms with Crippen LogP contribution in [-0.2, 0) is 5.75 Å². The summed E-state index contributed by atoms with van der Waals surface area (Å²) in [6.07, 6.45) is 8.78. The van der Waals surface area contributed by atoms with E-state index in [1.165, 1.54) is 42.6 Å². The van der Waals surface area contributed by atoms with Crippen LogP contribution in [0, 0.1) is 6.92 Å². The summed E-state index contributed by atoms with van der Waals surface area (Å²) in [5, 5.41) is 4.77. The fourth-order valence-corrected chi connectivity index (χ4v) is 3.90. The van der Waals surface area contributed by atoms with E-state index in [0.717, 1.165) is 17.1 Å². The SMILES string of the molecule is Cc1ccc(N)cc1SCc1ccn(C2CCCCC2)n1. The molecule has 112 valence electrons. The number of aromatic nitrogens is 2. The van der Waals surface area contributed by atoms with E-state index < -0.39 is 0 Å². The summed E-state index contributed by atoms with van der Waals surface area (Å²) in [5.41, 5.74) is 9.13. The van der Waals surface area contributed by atoms with E-state index in [9.17, 15) is 0 Å². The molecule has 0 saturated heterocycles. The van der Waals surface area contributed by atoms with Gasteiger partial charge in [-0.1, -0.05) is 25.3 Å². The van der Waals surface area contributed by atoms with E-state index >= 15 is 0 Å². The number of aryl methyl sites for hydroxylation is 1. The second-order valence-electron chi connectivity index (χ2n) is 5.89. The summed E-state index contributed by atoms with van der Waals surface area (Å²) >= 11 is 1.82. The van der Waals surface area contributed by atoms with Crippen LogP contribution >= 0.6 is 11.8 Å². The molecule has 2 N–H and O–H groups in total. The molecule has 0 unspecified atom stereocenters. The number of nitrogens with zero attached hydrogens (tertiary/aromatic N) is 2. The van der Waals surface area contributed by atoms with Crippen LogP contribution in [0.2, 0.25) is 0 Å². The number of hydrogen-bond acceptors (Lipinski definition) is 3. The minimum absolute atomic E-state index is 0.617. The third kappa shape index (κ3) is 3.62. The maximum absolute atomic E-state index is 5.86. The molecule has 3 rings (SSSR count). The van der Waals surface area contributed by atoms with Crippen molar-refractivity contribution < 1.29 is 0 Å². The fraction of sp³-hybridized carbons (Fsp3) is 0.471. The minimum Gasteiger partial charge on any atom is -0.399 e. The third-order valence-corrected chi connectivity index (χ3v) is 5.39. The van der Waals surface area contributed by atoms with Crippen molar-refractivity contribution >= 4 is 17.4 Å². The minimum atomic E-state index is 0.617. The van der Waals surface area contributed by atoms with Crippen LogP contribution < -0.4 is 5.73 Å². The lowest BCUT2D eigenvalue weighted by Crippen LogP contribution is -2.13. The quantitative estimate of drug-likeness (QED) is 0.664. The maximum atomic E-state index is 5.86. The van der Waals surface area contributed by atoms with Crippen LogP contribution in [0.25, 0.3) is 0 Å². The van der Waals surface area contributed by atoms with Crippen molar-refractivity contribution in [3.05, 3.63) is 41.7 Å². The van der Waals surface area contributed by atoms with E-state index in [0.29, 0.717) is 6.04 Å². The topological polar surface area (TPSA) is 43.8 Å². The zero-order valence-corrected chi connectivity index (χ0v) is 13.4. The highest BCUT2D eigenvalue weighted by molar-refractivity contribution is 7.98. The number of nitrogen functional groups attached to an aromatic ring is 1. The average molecular weight is 301 g/mol. The van der Waals surface area contributed by atoms with Gasteiger partial charge in [0.05, 0.1) is 11.7 Å². The van der Waals surface area contributed by atoms with Gasteiger partial charge in [0.15, 0.2) is 0 Å². The summed E-state index contributed by atoms with van der Waals surface area (Å²) < 4.78 is 2.18. The van der Waals surface area contributed by atoms with Crippen LogP contribution in [-0.4, -0.2) is 9.78 Å². The van der Waals surface area contributed by atoms with Crippen molar-refractivity contribution in [3.63, 3.8) is 0 Å². The first-order valence-electron chi connectivity index (χ1n) is 7.75. The molecule has 0 radical (unpaired) electrons. The summed E-state index contributed by atoms with van der Waals surface area (Å²) in [6.45, 7) is 2.13. The first-order chi connectivity index (χ1) is 10.2. The molecule has 0 atom stereocenters. The fourth-order valence-electron chi connectivity index (χ4n) is 2.93. The molecule has 1 aliphatic carbocycles. The first kappa shape index (κ1) is 14.5. The second-order valence-corrected chi connectivity index (χ2v) is 6.91. The lowest BCUT2D eigenvalue weighted by Gasteiger charge is -2.21. The van der Waals surface area contributed by atoms with Crippen LogP contribution in [0.3, 0.4) is 0 Å². The van der Waals surface area contributed by atoms with Crippen molar-refractivity contribution in [1.29, 1.82) is 0 Å². The largest absolute Gasteiger partial charge is 0.399 e. The summed E-state index contributed by atoms with van der Waals surface area (Å²) in [6, 6.07) is 8.86. The molecule has 0 aliphatic heterocycles. The Labute approximate surface area is 130 Å². The molecule has 21 heavy (non-hydrogen) atoms. The average Bonchev–Trinajstić information content (AvgIpc) is 2.98. The van der Waals surface area contributed by atoms with E-state index in [1.807, 2.05) is 17.8 Å². The standard InChI is InChI=1S/C17H23N3S/c1-13-7-8-14(18)11-17(13)21-12-15-9-10-20(19-15)16-5-3-2-4-6-16/h7-11,16H,2-6,12,18H2,1H3. The first-order valence-corrected chi connectivity index (χ1v) is 8.74. The maximum Gasteiger partial charge on any atom is 0.0727 e. The summed E-state index contributed by atoms with van der Waals surface area (Å²) in [7, 11) is 0. The lowest BCUT2D eigenvalue weighted by atomic mass is 9.96. The lowest BCUT2D eigenvalue weighted by molar-refractivity contribution is 0.328. The van der Waals surface area contributed by atoms with Gasteiger partial charge in [-0.3, -0.25) is 4.68 Å². The highest BCUT2D eigenvalue weighted by Gasteiger charge is 2.16. The molecule has 1 saturated carbocycles. The third-order valence-electron chi connectivity index (χ3n) is 4.20. The number of rotatable bonds is 4. The van der Waals surface area contributed by atoms with Crippen molar-refractivity contribution in [2.24, 2.45) is 0 Å². The Morgan fingerprint density at radius 3 is 2.86 bits per heavy atom. The summed E-state index contributed by atoms with van der Waals surface area (Å²) in [4.78, 5) is 1.25. The predicted octanol–water partition coefficient (Wildman–Crippen LogP) is 4.57. The van der Waals surface area contributed by atoms with Gasteiger partial charge in [0, 0.05) is 22.5 Å². The molecule has 1 fully saturated rings. The van der Waals surface area contributed by atoms with Crippen molar-refractivity contribution in [2.75, 3.05) is 5.73 Å². The van der Waals surface area contributed by atoms with Gasteiger partial charge in [-0.25, -0.2) is 0 Å². The van der Waals surface area contributed by atoms with Crippen LogP contribution in [0.4, 0.5) is 5.69 Å². The smallest absolute Gasteiger partial charge is 0.0727 e. The Kier molecular flexibility index (Phi) is 4.54. The molecular formula is C17H23N3S. The Morgan fingerprint density at radius 2 is 2.05 bits per heavy atom. The van der Waals surface area contributed by atoms with Gasteiger partial charge in [0.2, 0.25) is 0 Å². The highest BCUT2D eigenvalue weighted by Crippen LogP contribution is 2.30. The Morgan fingerprint density at radius 1 is 1.24 bits per heavy atom. The zero-order chi connectivity index (χ0) is 14.7. The molecule has 4 heteroatoms. The zero-order valence-electron chi connectivity index (χ0n) is 12.6. The highest BCUT2D eigenvalue weighted by atomic mass is 32.2. The van der Waals surface area contributed by atoms with Gasteiger partial charge >= 0.3 is 0 Å². The second kappa shape index (κ2) is 6.56. The van der Waals surface area contributed by atoms with Gasteiger partial charge in [0.1, 0.15) is 0 Å². The number of hydrogen-bond donors (Lipinski definition) is 1. The molecular weight excluding hydrogens is 278 g/mol. The van der Waals surface area contributed by atoms with Gasteiger partial charge in [-0.15, -0.1) is 11.8 Å². The Hall–Kier alpha value is -1.42. The van der Waals surface area contributed by atoms with E-state index in [2.05, 4.69) is 36.0 Å². The van der Waals surface area contributed by atoms with E-state index in [-0.39, 0.29) is 0 Å². The molecule has 2 aromatic rings. The van der Waals surface area contributed by atoms with Crippen LogP contribution in [0.1, 0.15) is 49.4 Å². The molecule has 3 nitrogen and oxygen atoms in total. The van der Waals surface area contributed by atoms with Crippen molar-refractivity contribution in [1.82, 2.24) is 9.78 Å². The molecule has 1 heterocycles. The Balaban J connectivity index is 1.63. The number of nitrogens with two attached hydrogens (primary N) is 1. The normalized spacial score (nSPS) is 16.2. The number of thioether (sulfide) groups is 1. The molecule has 0 amide bonds. The number of anilines is 1. The van der Waals surface area contributed by atoms with Gasteiger partial charge in [-0.2, -0.15) is 5.10 Å². The predicted molar refractivity (Wildman–Crippen MR) is 89.5 cm³/mol. The van der Waals surface area contributed by atoms with Gasteiger partial charge in [0.25, 0.3) is 0 Å². The van der Waals surface area contributed by atoms with Gasteiger partial charge < -0.3 is 5.73 Å². The number of benzene rings is 1.